The first-order valence-corrected chi connectivity index (χ1v) is 6.19. The predicted molar refractivity (Wildman–Crippen MR) is 67.1 cm³/mol. The molecule has 4 nitrogen and oxygen atoms in total. The van der Waals surface area contributed by atoms with Crippen molar-refractivity contribution in [1.29, 1.82) is 0 Å². The summed E-state index contributed by atoms with van der Waals surface area (Å²) in [5.74, 6) is -2.60. The highest BCUT2D eigenvalue weighted by atomic mass is 35.5. The summed E-state index contributed by atoms with van der Waals surface area (Å²) in [5.41, 5.74) is 0.631. The summed E-state index contributed by atoms with van der Waals surface area (Å²) < 4.78 is 12.9. The molecule has 0 aromatic heterocycles. The molecule has 102 valence electrons. The van der Waals surface area contributed by atoms with E-state index in [0.29, 0.717) is 12.0 Å². The van der Waals surface area contributed by atoms with Crippen LogP contribution in [0.2, 0.25) is 5.02 Å². The Balaban J connectivity index is 1.99. The fraction of sp³-hybridized carbons (Fsp3) is 0.385. The third-order valence-corrected chi connectivity index (χ3v) is 3.58. The number of rotatable bonds is 4. The van der Waals surface area contributed by atoms with Gasteiger partial charge in [-0.2, -0.15) is 0 Å². The van der Waals surface area contributed by atoms with Gasteiger partial charge in [0.05, 0.1) is 11.8 Å². The molecule has 19 heavy (non-hydrogen) atoms. The molecule has 1 aromatic carbocycles. The molecule has 2 rings (SSSR count). The molecule has 0 saturated heterocycles. The second-order valence-electron chi connectivity index (χ2n) is 4.72. The quantitative estimate of drug-likeness (QED) is 0.922. The van der Waals surface area contributed by atoms with Crippen LogP contribution < -0.4 is 0 Å². The third-order valence-electron chi connectivity index (χ3n) is 3.22. The first kappa shape index (κ1) is 13.8. The van der Waals surface area contributed by atoms with Crippen molar-refractivity contribution < 1.29 is 19.1 Å². The van der Waals surface area contributed by atoms with Crippen LogP contribution in [0.5, 0.6) is 0 Å². The number of hydrogen-bond acceptors (Lipinski definition) is 2. The van der Waals surface area contributed by atoms with Crippen LogP contribution >= 0.6 is 11.6 Å². The first-order valence-electron chi connectivity index (χ1n) is 5.82. The monoisotopic (exact) mass is 285 g/mol. The molecule has 0 bridgehead atoms. The molecule has 0 aliphatic heterocycles. The fourth-order valence-corrected chi connectivity index (χ4v) is 2.23. The topological polar surface area (TPSA) is 57.6 Å². The van der Waals surface area contributed by atoms with Crippen LogP contribution in [0.25, 0.3) is 0 Å². The van der Waals surface area contributed by atoms with E-state index in [0.717, 1.165) is 0 Å². The van der Waals surface area contributed by atoms with E-state index in [-0.39, 0.29) is 17.5 Å². The Morgan fingerprint density at radius 2 is 2.16 bits per heavy atom. The highest BCUT2D eigenvalue weighted by Crippen LogP contribution is 2.40. The number of carbonyl (C=O) groups excluding carboxylic acids is 1. The second kappa shape index (κ2) is 5.17. The lowest BCUT2D eigenvalue weighted by Gasteiger charge is -2.18. The van der Waals surface area contributed by atoms with Crippen molar-refractivity contribution in [2.24, 2.45) is 11.8 Å². The second-order valence-corrected chi connectivity index (χ2v) is 5.12. The lowest BCUT2D eigenvalue weighted by atomic mass is 10.2. The predicted octanol–water partition coefficient (Wildman–Crippen LogP) is 2.16. The largest absolute Gasteiger partial charge is 0.481 e. The number of aliphatic carboxylic acids is 1. The van der Waals surface area contributed by atoms with E-state index in [1.54, 1.807) is 7.05 Å². The van der Waals surface area contributed by atoms with Gasteiger partial charge in [0.2, 0.25) is 5.91 Å². The van der Waals surface area contributed by atoms with E-state index in [9.17, 15) is 14.0 Å². The Kier molecular flexibility index (Phi) is 3.75. The summed E-state index contributed by atoms with van der Waals surface area (Å²) in [7, 11) is 1.58. The molecule has 1 saturated carbocycles. The first-order chi connectivity index (χ1) is 8.90. The van der Waals surface area contributed by atoms with E-state index in [1.807, 2.05) is 0 Å². The van der Waals surface area contributed by atoms with Crippen molar-refractivity contribution >= 4 is 23.5 Å². The Morgan fingerprint density at radius 3 is 2.68 bits per heavy atom. The van der Waals surface area contributed by atoms with Gasteiger partial charge in [0.15, 0.2) is 0 Å². The van der Waals surface area contributed by atoms with Crippen LogP contribution in [0.3, 0.4) is 0 Å². The van der Waals surface area contributed by atoms with Crippen LogP contribution in [0.1, 0.15) is 12.0 Å². The van der Waals surface area contributed by atoms with E-state index in [1.165, 1.54) is 23.1 Å². The van der Waals surface area contributed by atoms with Gasteiger partial charge in [-0.05, 0) is 24.1 Å². The molecule has 1 aromatic rings. The van der Waals surface area contributed by atoms with Gasteiger partial charge in [0.25, 0.3) is 0 Å². The third kappa shape index (κ3) is 3.04. The summed E-state index contributed by atoms with van der Waals surface area (Å²) in [5, 5.41) is 9.04. The zero-order valence-corrected chi connectivity index (χ0v) is 11.0. The smallest absolute Gasteiger partial charge is 0.307 e. The van der Waals surface area contributed by atoms with Gasteiger partial charge in [-0.25, -0.2) is 4.39 Å². The normalized spacial score (nSPS) is 21.0. The average Bonchev–Trinajstić information content (AvgIpc) is 3.11. The number of hydrogen-bond donors (Lipinski definition) is 1. The molecule has 2 atom stereocenters. The van der Waals surface area contributed by atoms with Crippen molar-refractivity contribution in [3.05, 3.63) is 34.6 Å². The van der Waals surface area contributed by atoms with Gasteiger partial charge in [-0.3, -0.25) is 9.59 Å². The van der Waals surface area contributed by atoms with Gasteiger partial charge in [0, 0.05) is 18.6 Å². The average molecular weight is 286 g/mol. The minimum Gasteiger partial charge on any atom is -0.481 e. The number of carboxylic acid groups (broad SMARTS) is 1. The summed E-state index contributed by atoms with van der Waals surface area (Å²) in [4.78, 5) is 24.1. The molecule has 1 amide bonds. The molecule has 0 spiro atoms. The van der Waals surface area contributed by atoms with Crippen molar-refractivity contribution in [3.8, 4) is 0 Å². The van der Waals surface area contributed by atoms with Crippen molar-refractivity contribution in [2.75, 3.05) is 7.05 Å². The number of carbonyl (C=O) groups is 2. The van der Waals surface area contributed by atoms with E-state index in [2.05, 4.69) is 0 Å². The number of benzene rings is 1. The zero-order valence-electron chi connectivity index (χ0n) is 10.3. The fourth-order valence-electron chi connectivity index (χ4n) is 2.01. The molecular formula is C13H13ClFNO3. The maximum atomic E-state index is 12.9. The molecule has 1 aliphatic carbocycles. The van der Waals surface area contributed by atoms with Gasteiger partial charge >= 0.3 is 5.97 Å². The summed E-state index contributed by atoms with van der Waals surface area (Å²) in [6.45, 7) is 0.237. The van der Waals surface area contributed by atoms with E-state index >= 15 is 0 Å². The molecule has 1 aliphatic rings. The van der Waals surface area contributed by atoms with Crippen molar-refractivity contribution in [2.45, 2.75) is 13.0 Å². The van der Waals surface area contributed by atoms with Gasteiger partial charge < -0.3 is 10.0 Å². The van der Waals surface area contributed by atoms with E-state index < -0.39 is 23.6 Å². The number of nitrogens with zero attached hydrogens (tertiary/aromatic N) is 1. The Morgan fingerprint density at radius 1 is 1.47 bits per heavy atom. The lowest BCUT2D eigenvalue weighted by molar-refractivity contribution is -0.141. The molecular weight excluding hydrogens is 273 g/mol. The van der Waals surface area contributed by atoms with Crippen molar-refractivity contribution in [3.63, 3.8) is 0 Å². The van der Waals surface area contributed by atoms with Gasteiger partial charge in [0.1, 0.15) is 5.82 Å². The highest BCUT2D eigenvalue weighted by Gasteiger charge is 2.49. The SMILES string of the molecule is CN(Cc1ccc(F)cc1Cl)C(=O)C1CC1C(=O)O. The van der Waals surface area contributed by atoms with Crippen LogP contribution in [-0.2, 0) is 16.1 Å². The molecule has 6 heteroatoms. The zero-order chi connectivity index (χ0) is 14.2. The standard InChI is InChI=1S/C13H13ClFNO3/c1-16(12(17)9-5-10(9)13(18)19)6-7-2-3-8(15)4-11(7)14/h2-4,9-10H,5-6H2,1H3,(H,18,19). The van der Waals surface area contributed by atoms with E-state index in [4.69, 9.17) is 16.7 Å². The van der Waals surface area contributed by atoms with Crippen LogP contribution in [-0.4, -0.2) is 28.9 Å². The Bertz CT molecular complexity index is 535. The van der Waals surface area contributed by atoms with Crippen molar-refractivity contribution in [1.82, 2.24) is 4.90 Å². The highest BCUT2D eigenvalue weighted by molar-refractivity contribution is 6.31. The van der Waals surface area contributed by atoms with Crippen LogP contribution in [0, 0.1) is 17.7 Å². The number of amides is 1. The Labute approximate surface area is 114 Å². The van der Waals surface area contributed by atoms with Gasteiger partial charge in [-0.1, -0.05) is 17.7 Å². The van der Waals surface area contributed by atoms with Crippen LogP contribution in [0.4, 0.5) is 4.39 Å². The lowest BCUT2D eigenvalue weighted by Crippen LogP contribution is -2.29. The summed E-state index contributed by atoms with van der Waals surface area (Å²) in [6, 6.07) is 3.98. The molecule has 1 N–H and O–H groups in total. The summed E-state index contributed by atoms with van der Waals surface area (Å²) >= 11 is 5.88. The molecule has 0 heterocycles. The molecule has 0 radical (unpaired) electrons. The van der Waals surface area contributed by atoms with Crippen LogP contribution in [0.15, 0.2) is 18.2 Å². The molecule has 1 fully saturated rings. The minimum atomic E-state index is -0.938. The maximum absolute atomic E-state index is 12.9. The molecule has 2 unspecified atom stereocenters. The van der Waals surface area contributed by atoms with Gasteiger partial charge in [-0.15, -0.1) is 0 Å². The maximum Gasteiger partial charge on any atom is 0.307 e. The summed E-state index contributed by atoms with van der Waals surface area (Å²) in [6.07, 6.45) is 0.385. The minimum absolute atomic E-state index is 0.215. The number of halogens is 2. The Hall–Kier alpha value is -1.62. The number of carboxylic acids is 1.